The molecule has 2 rings (SSSR count). The van der Waals surface area contributed by atoms with E-state index in [4.69, 9.17) is 27.8 Å². The van der Waals surface area contributed by atoms with Crippen LogP contribution in [0.5, 0.6) is 0 Å². The van der Waals surface area contributed by atoms with Gasteiger partial charge in [0, 0.05) is 18.1 Å². The number of hydrogen-bond donors (Lipinski definition) is 2. The minimum absolute atomic E-state index is 0.112. The molecule has 1 aliphatic rings. The fraction of sp³-hybridized carbons (Fsp3) is 0.533. The summed E-state index contributed by atoms with van der Waals surface area (Å²) in [6.07, 6.45) is 0. The van der Waals surface area contributed by atoms with Crippen molar-refractivity contribution in [3.05, 3.63) is 34.9 Å². The monoisotopic (exact) mass is 310 g/mol. The molecule has 0 saturated carbocycles. The number of nitrogens with zero attached hydrogens (tertiary/aromatic N) is 2. The summed E-state index contributed by atoms with van der Waals surface area (Å²) in [6, 6.07) is 7.96. The molecule has 0 aromatic heterocycles. The summed E-state index contributed by atoms with van der Waals surface area (Å²) in [4.78, 5) is 6.56. The molecule has 0 aliphatic carbocycles. The van der Waals surface area contributed by atoms with Crippen LogP contribution in [0.25, 0.3) is 0 Å². The highest BCUT2D eigenvalue weighted by molar-refractivity contribution is 6.30. The number of morpholine rings is 1. The summed E-state index contributed by atoms with van der Waals surface area (Å²) in [7, 11) is 0. The number of guanidine groups is 1. The standard InChI is InChI=1S/C15H23ClN4O/c1-15(2)10-20(7-8-21-15)13(9-19-14(17)18)11-3-5-12(16)6-4-11/h3-6,13H,7-10H2,1-2H3,(H4,17,18,19). The van der Waals surface area contributed by atoms with E-state index in [0.717, 1.165) is 23.7 Å². The van der Waals surface area contributed by atoms with Crippen LogP contribution in [0.3, 0.4) is 0 Å². The molecule has 6 heteroatoms. The van der Waals surface area contributed by atoms with Gasteiger partial charge in [-0.25, -0.2) is 0 Å². The maximum Gasteiger partial charge on any atom is 0.185 e. The molecule has 1 aliphatic heterocycles. The van der Waals surface area contributed by atoms with E-state index in [9.17, 15) is 0 Å². The lowest BCUT2D eigenvalue weighted by Crippen LogP contribution is -2.50. The largest absolute Gasteiger partial charge is 0.373 e. The van der Waals surface area contributed by atoms with Crippen molar-refractivity contribution in [3.63, 3.8) is 0 Å². The lowest BCUT2D eigenvalue weighted by atomic mass is 10.0. The van der Waals surface area contributed by atoms with Gasteiger partial charge in [-0.1, -0.05) is 23.7 Å². The van der Waals surface area contributed by atoms with Crippen LogP contribution in [0.15, 0.2) is 29.3 Å². The third-order valence-corrected chi connectivity index (χ3v) is 3.85. The zero-order chi connectivity index (χ0) is 15.5. The van der Waals surface area contributed by atoms with E-state index in [1.54, 1.807) is 0 Å². The van der Waals surface area contributed by atoms with Gasteiger partial charge in [0.2, 0.25) is 0 Å². The van der Waals surface area contributed by atoms with Crippen LogP contribution in [-0.4, -0.2) is 42.7 Å². The van der Waals surface area contributed by atoms with Gasteiger partial charge in [0.05, 0.1) is 24.8 Å². The topological polar surface area (TPSA) is 76.9 Å². The fourth-order valence-electron chi connectivity index (χ4n) is 2.63. The molecule has 1 unspecified atom stereocenters. The molecule has 1 saturated heterocycles. The molecule has 116 valence electrons. The Kier molecular flexibility index (Phi) is 5.08. The maximum absolute atomic E-state index is 5.97. The normalized spacial score (nSPS) is 20.0. The Morgan fingerprint density at radius 2 is 2.05 bits per heavy atom. The molecule has 1 aromatic rings. The molecule has 5 nitrogen and oxygen atoms in total. The number of halogens is 1. The summed E-state index contributed by atoms with van der Waals surface area (Å²) < 4.78 is 5.78. The highest BCUT2D eigenvalue weighted by Crippen LogP contribution is 2.28. The predicted molar refractivity (Wildman–Crippen MR) is 86.5 cm³/mol. The average molecular weight is 311 g/mol. The van der Waals surface area contributed by atoms with Crippen molar-refractivity contribution < 1.29 is 4.74 Å². The Hall–Kier alpha value is -1.30. The lowest BCUT2D eigenvalue weighted by molar-refractivity contribution is -0.0966. The molecule has 1 atom stereocenters. The van der Waals surface area contributed by atoms with E-state index >= 15 is 0 Å². The van der Waals surface area contributed by atoms with Crippen LogP contribution < -0.4 is 11.5 Å². The minimum atomic E-state index is -0.166. The predicted octanol–water partition coefficient (Wildman–Crippen LogP) is 1.77. The maximum atomic E-state index is 5.97. The van der Waals surface area contributed by atoms with Gasteiger partial charge in [-0.2, -0.15) is 0 Å². The Labute approximate surface area is 130 Å². The molecule has 1 aromatic carbocycles. The second-order valence-corrected chi connectivity index (χ2v) is 6.35. The summed E-state index contributed by atoms with van der Waals surface area (Å²) in [5.41, 5.74) is 12.0. The van der Waals surface area contributed by atoms with Crippen LogP contribution in [0.2, 0.25) is 5.02 Å². The molecule has 0 radical (unpaired) electrons. The number of nitrogens with two attached hydrogens (primary N) is 2. The molecular weight excluding hydrogens is 288 g/mol. The smallest absolute Gasteiger partial charge is 0.185 e. The van der Waals surface area contributed by atoms with Crippen LogP contribution >= 0.6 is 11.6 Å². The van der Waals surface area contributed by atoms with Gasteiger partial charge in [-0.05, 0) is 31.5 Å². The number of rotatable bonds is 4. The average Bonchev–Trinajstić information content (AvgIpc) is 2.39. The van der Waals surface area contributed by atoms with E-state index in [1.807, 2.05) is 24.3 Å². The van der Waals surface area contributed by atoms with Crippen LogP contribution in [0.4, 0.5) is 0 Å². The van der Waals surface area contributed by atoms with Crippen molar-refractivity contribution in [1.82, 2.24) is 4.90 Å². The third-order valence-electron chi connectivity index (χ3n) is 3.60. The number of aliphatic imine (C=N–C) groups is 1. The van der Waals surface area contributed by atoms with E-state index in [0.29, 0.717) is 13.2 Å². The van der Waals surface area contributed by atoms with Gasteiger partial charge >= 0.3 is 0 Å². The number of benzene rings is 1. The summed E-state index contributed by atoms with van der Waals surface area (Å²) in [6.45, 7) is 7.12. The van der Waals surface area contributed by atoms with Gasteiger partial charge in [0.25, 0.3) is 0 Å². The van der Waals surface area contributed by atoms with Crippen LogP contribution in [0, 0.1) is 0 Å². The van der Waals surface area contributed by atoms with Gasteiger partial charge in [0.15, 0.2) is 5.96 Å². The zero-order valence-electron chi connectivity index (χ0n) is 12.6. The Bertz CT molecular complexity index is 497. The summed E-state index contributed by atoms with van der Waals surface area (Å²) in [5, 5.41) is 0.724. The second-order valence-electron chi connectivity index (χ2n) is 5.91. The molecule has 0 bridgehead atoms. The van der Waals surface area contributed by atoms with E-state index in [1.165, 1.54) is 0 Å². The molecule has 21 heavy (non-hydrogen) atoms. The van der Waals surface area contributed by atoms with Crippen molar-refractivity contribution >= 4 is 17.6 Å². The molecule has 0 amide bonds. The fourth-order valence-corrected chi connectivity index (χ4v) is 2.75. The summed E-state index contributed by atoms with van der Waals surface area (Å²) >= 11 is 5.97. The van der Waals surface area contributed by atoms with Gasteiger partial charge < -0.3 is 16.2 Å². The van der Waals surface area contributed by atoms with Crippen molar-refractivity contribution in [2.45, 2.75) is 25.5 Å². The first-order chi connectivity index (χ1) is 9.87. The third kappa shape index (κ3) is 4.59. The summed E-state index contributed by atoms with van der Waals surface area (Å²) in [5.74, 6) is 0.112. The van der Waals surface area contributed by atoms with Gasteiger partial charge in [-0.15, -0.1) is 0 Å². The van der Waals surface area contributed by atoms with Crippen molar-refractivity contribution in [2.24, 2.45) is 16.5 Å². The SMILES string of the molecule is CC1(C)CN(C(CN=C(N)N)c2ccc(Cl)cc2)CCO1. The van der Waals surface area contributed by atoms with Crippen molar-refractivity contribution in [3.8, 4) is 0 Å². The number of ether oxygens (including phenoxy) is 1. The van der Waals surface area contributed by atoms with Gasteiger partial charge in [-0.3, -0.25) is 9.89 Å². The first kappa shape index (κ1) is 16.1. The first-order valence-corrected chi connectivity index (χ1v) is 7.44. The zero-order valence-corrected chi connectivity index (χ0v) is 13.3. The van der Waals surface area contributed by atoms with E-state index in [-0.39, 0.29) is 17.6 Å². The lowest BCUT2D eigenvalue weighted by Gasteiger charge is -2.42. The Balaban J connectivity index is 2.23. The van der Waals surface area contributed by atoms with Crippen molar-refractivity contribution in [2.75, 3.05) is 26.2 Å². The van der Waals surface area contributed by atoms with E-state index in [2.05, 4.69) is 23.7 Å². The quantitative estimate of drug-likeness (QED) is 0.656. The van der Waals surface area contributed by atoms with Crippen molar-refractivity contribution in [1.29, 1.82) is 0 Å². The molecule has 1 fully saturated rings. The second kappa shape index (κ2) is 6.64. The highest BCUT2D eigenvalue weighted by Gasteiger charge is 2.31. The molecular formula is C15H23ClN4O. The first-order valence-electron chi connectivity index (χ1n) is 7.06. The Morgan fingerprint density at radius 3 is 2.62 bits per heavy atom. The highest BCUT2D eigenvalue weighted by atomic mass is 35.5. The number of hydrogen-bond acceptors (Lipinski definition) is 3. The van der Waals surface area contributed by atoms with Crippen LogP contribution in [0.1, 0.15) is 25.5 Å². The molecule has 0 spiro atoms. The minimum Gasteiger partial charge on any atom is -0.373 e. The van der Waals surface area contributed by atoms with Crippen LogP contribution in [-0.2, 0) is 4.74 Å². The molecule has 1 heterocycles. The molecule has 4 N–H and O–H groups in total. The van der Waals surface area contributed by atoms with E-state index < -0.39 is 0 Å². The van der Waals surface area contributed by atoms with Gasteiger partial charge in [0.1, 0.15) is 0 Å². The Morgan fingerprint density at radius 1 is 1.38 bits per heavy atom.